The number of oxazole rings is 5. The van der Waals surface area contributed by atoms with Crippen LogP contribution in [0.5, 0.6) is 5.88 Å². The first-order valence-corrected chi connectivity index (χ1v) is 18.4. The fourth-order valence-corrected chi connectivity index (χ4v) is 7.51. The highest BCUT2D eigenvalue weighted by atomic mass is 16.5. The van der Waals surface area contributed by atoms with Crippen LogP contribution in [-0.4, -0.2) is 54.8 Å². The Bertz CT molecular complexity index is 3320. The molecule has 0 bridgehead atoms. The average molecular weight is 789 g/mol. The number of aromatic nitrogens is 11. The summed E-state index contributed by atoms with van der Waals surface area (Å²) in [7, 11) is 0. The minimum absolute atomic E-state index is 0.0851. The zero-order valence-corrected chi connectivity index (χ0v) is 30.3. The second-order valence-electron chi connectivity index (χ2n) is 13.5. The van der Waals surface area contributed by atoms with E-state index in [9.17, 15) is 0 Å². The molecular formula is C42H20N12O6. The Morgan fingerprint density at radius 2 is 0.683 bits per heavy atom. The lowest BCUT2D eigenvalue weighted by Gasteiger charge is -2.24. The molecule has 60 heavy (non-hydrogen) atoms. The highest BCUT2D eigenvalue weighted by molar-refractivity contribution is 6.06. The fourth-order valence-electron chi connectivity index (χ4n) is 7.51. The fraction of sp³-hybridized carbons (Fsp3) is 0.0238. The Kier molecular flexibility index (Phi) is 6.59. The zero-order chi connectivity index (χ0) is 39.3. The molecule has 284 valence electrons. The summed E-state index contributed by atoms with van der Waals surface area (Å²) in [4.78, 5) is 52.0. The van der Waals surface area contributed by atoms with Crippen LogP contribution in [0.15, 0.2) is 132 Å². The van der Waals surface area contributed by atoms with E-state index in [4.69, 9.17) is 51.7 Å². The van der Waals surface area contributed by atoms with Crippen LogP contribution in [0.2, 0.25) is 0 Å². The topological polar surface area (TPSA) is 229 Å². The summed E-state index contributed by atoms with van der Waals surface area (Å²) in [6, 6.07) is 21.5. The summed E-state index contributed by atoms with van der Waals surface area (Å²) >= 11 is 0. The third kappa shape index (κ3) is 4.84. The molecule has 0 spiro atoms. The van der Waals surface area contributed by atoms with Crippen molar-refractivity contribution >= 4 is 61.8 Å². The van der Waals surface area contributed by atoms with Gasteiger partial charge in [0.25, 0.3) is 0 Å². The normalized spacial score (nSPS) is 13.8. The molecule has 1 aliphatic heterocycles. The molecule has 12 heterocycles. The summed E-state index contributed by atoms with van der Waals surface area (Å²) < 4.78 is 39.6. The van der Waals surface area contributed by atoms with Crippen molar-refractivity contribution in [2.45, 2.75) is 6.23 Å². The number of hydrogen-bond acceptors (Lipinski definition) is 18. The number of nitrogens with zero attached hydrogens (tertiary/aromatic N) is 11. The van der Waals surface area contributed by atoms with E-state index in [1.54, 1.807) is 104 Å². The van der Waals surface area contributed by atoms with Gasteiger partial charge in [0.2, 0.25) is 63.9 Å². The van der Waals surface area contributed by atoms with Gasteiger partial charge in [0.1, 0.15) is 33.3 Å². The molecule has 1 unspecified atom stereocenters. The standard InChI is InChI=1S/C42H20N12O6/c1-7-19-31(43-13-1)55-37(49-19)25-26(38-50-20-8-2-14-44-32(20)56-38)28(40-52-22-10-4-16-46-34(22)58-40)30(42-54-24-12-6-18-48-36(24)60-42)29(41-53-23-11-5-17-47-35(23)59-41)27(25)39-51-21-9-3-15-45-33(21)57-39/h1-18,37,49H. The molecule has 1 N–H and O–H groups in total. The van der Waals surface area contributed by atoms with Gasteiger partial charge in [0.15, 0.2) is 6.23 Å². The lowest BCUT2D eigenvalue weighted by Crippen LogP contribution is -2.16. The highest BCUT2D eigenvalue weighted by Crippen LogP contribution is 2.56. The molecule has 11 aromatic heterocycles. The van der Waals surface area contributed by atoms with Crippen LogP contribution < -0.4 is 10.1 Å². The minimum Gasteiger partial charge on any atom is -0.448 e. The van der Waals surface area contributed by atoms with Crippen LogP contribution in [0.3, 0.4) is 0 Å². The number of nitrogens with one attached hydrogen (secondary N) is 1. The summed E-state index contributed by atoms with van der Waals surface area (Å²) in [5.41, 5.74) is 6.17. The quantitative estimate of drug-likeness (QED) is 0.166. The first kappa shape index (κ1) is 32.2. The van der Waals surface area contributed by atoms with Crippen molar-refractivity contribution in [1.29, 1.82) is 0 Å². The average Bonchev–Trinajstić information content (AvgIpc) is 4.15. The lowest BCUT2D eigenvalue weighted by molar-refractivity contribution is 0.251. The van der Waals surface area contributed by atoms with Crippen molar-refractivity contribution < 1.29 is 26.8 Å². The van der Waals surface area contributed by atoms with Gasteiger partial charge in [-0.2, -0.15) is 0 Å². The molecule has 18 heteroatoms. The van der Waals surface area contributed by atoms with Crippen molar-refractivity contribution in [1.82, 2.24) is 54.8 Å². The molecule has 1 aliphatic rings. The first-order valence-electron chi connectivity index (χ1n) is 18.4. The maximum atomic E-state index is 6.69. The number of ether oxygens (including phenoxy) is 1. The Balaban J connectivity index is 1.29. The van der Waals surface area contributed by atoms with Crippen LogP contribution >= 0.6 is 0 Å². The van der Waals surface area contributed by atoms with Gasteiger partial charge in [-0.05, 0) is 72.8 Å². The van der Waals surface area contributed by atoms with Crippen LogP contribution in [0.25, 0.3) is 113 Å². The molecule has 0 aliphatic carbocycles. The number of anilines is 1. The molecule has 0 saturated heterocycles. The van der Waals surface area contributed by atoms with Crippen molar-refractivity contribution in [3.63, 3.8) is 0 Å². The number of hydrogen-bond donors (Lipinski definition) is 1. The molecule has 18 nitrogen and oxygen atoms in total. The van der Waals surface area contributed by atoms with Gasteiger partial charge in [0, 0.05) is 42.7 Å². The van der Waals surface area contributed by atoms with Crippen LogP contribution in [0, 0.1) is 0 Å². The number of fused-ring (bicyclic) bond motifs is 6. The van der Waals surface area contributed by atoms with E-state index in [1.165, 1.54) is 0 Å². The largest absolute Gasteiger partial charge is 0.448 e. The second-order valence-corrected chi connectivity index (χ2v) is 13.5. The Morgan fingerprint density at radius 3 is 1.03 bits per heavy atom. The van der Waals surface area contributed by atoms with Gasteiger partial charge < -0.3 is 32.1 Å². The number of pyridine rings is 6. The first-order chi connectivity index (χ1) is 29.7. The third-order valence-electron chi connectivity index (χ3n) is 9.99. The molecular weight excluding hydrogens is 769 g/mol. The monoisotopic (exact) mass is 788 g/mol. The smallest absolute Gasteiger partial charge is 0.247 e. The van der Waals surface area contributed by atoms with E-state index < -0.39 is 6.23 Å². The Morgan fingerprint density at radius 1 is 0.367 bits per heavy atom. The molecule has 0 saturated carbocycles. The number of benzene rings is 1. The molecule has 12 aromatic rings. The predicted octanol–water partition coefficient (Wildman–Crippen LogP) is 8.60. The number of rotatable bonds is 6. The maximum absolute atomic E-state index is 6.69. The zero-order valence-electron chi connectivity index (χ0n) is 30.3. The minimum atomic E-state index is -1.02. The summed E-state index contributed by atoms with van der Waals surface area (Å²) in [5.74, 6) is 0.824. The third-order valence-corrected chi connectivity index (χ3v) is 9.99. The van der Waals surface area contributed by atoms with Gasteiger partial charge in [0.05, 0.1) is 27.8 Å². The van der Waals surface area contributed by atoms with Crippen LogP contribution in [0.1, 0.15) is 11.8 Å². The van der Waals surface area contributed by atoms with Crippen molar-refractivity contribution in [3.8, 4) is 63.2 Å². The predicted molar refractivity (Wildman–Crippen MR) is 212 cm³/mol. The van der Waals surface area contributed by atoms with Crippen LogP contribution in [0.4, 0.5) is 5.69 Å². The molecule has 1 atom stereocenters. The maximum Gasteiger partial charge on any atom is 0.247 e. The Labute approximate surface area is 333 Å². The van der Waals surface area contributed by atoms with E-state index in [1.807, 2.05) is 6.07 Å². The van der Waals surface area contributed by atoms with Crippen molar-refractivity contribution in [3.05, 3.63) is 116 Å². The van der Waals surface area contributed by atoms with E-state index in [0.717, 1.165) is 0 Å². The lowest BCUT2D eigenvalue weighted by atomic mass is 9.84. The van der Waals surface area contributed by atoms with Gasteiger partial charge >= 0.3 is 0 Å². The second kappa shape index (κ2) is 12.3. The van der Waals surface area contributed by atoms with E-state index in [2.05, 4.69) is 35.2 Å². The SMILES string of the molecule is c1cnc2c(c1)NC(c1c(-c3nc4cccnc4o3)c(-c3nc4cccnc4o3)c(-c3nc4cccnc4o3)c(-c3nc4cccnc4o3)c1-c1nc3cccnc3o1)O2. The van der Waals surface area contributed by atoms with E-state index in [0.29, 0.717) is 67.0 Å². The van der Waals surface area contributed by atoms with Gasteiger partial charge in [-0.3, -0.25) is 0 Å². The van der Waals surface area contributed by atoms with Gasteiger partial charge in [-0.25, -0.2) is 54.8 Å². The summed E-state index contributed by atoms with van der Waals surface area (Å²) in [6.07, 6.45) is 8.70. The molecule has 1 aromatic carbocycles. The molecule has 13 rings (SSSR count). The highest BCUT2D eigenvalue weighted by Gasteiger charge is 2.42. The van der Waals surface area contributed by atoms with E-state index in [-0.39, 0.29) is 63.6 Å². The van der Waals surface area contributed by atoms with E-state index >= 15 is 0 Å². The van der Waals surface area contributed by atoms with Crippen LogP contribution in [-0.2, 0) is 0 Å². The summed E-state index contributed by atoms with van der Waals surface area (Å²) in [5, 5.41) is 3.50. The van der Waals surface area contributed by atoms with Crippen molar-refractivity contribution in [2.75, 3.05) is 5.32 Å². The molecule has 0 radical (unpaired) electrons. The summed E-state index contributed by atoms with van der Waals surface area (Å²) in [6.45, 7) is 0. The van der Waals surface area contributed by atoms with Gasteiger partial charge in [-0.15, -0.1) is 0 Å². The molecule has 0 fully saturated rings. The Hall–Kier alpha value is -8.93. The van der Waals surface area contributed by atoms with Gasteiger partial charge in [-0.1, -0.05) is 0 Å². The molecule has 0 amide bonds. The van der Waals surface area contributed by atoms with Crippen molar-refractivity contribution in [2.24, 2.45) is 0 Å².